The second-order valence-corrected chi connectivity index (χ2v) is 8.86. The standard InChI is InChI=1S/C23H21N3O3S2/c1-30-18-7-4-6-16(14-18)24-21(27)15-26-20-10-3-2-9-19(20)22(28)25(23(26)29)12-11-17-8-5-13-31-17/h2-10,13-14H,11-12,15H2,1H3,(H,24,27). The first-order valence-electron chi connectivity index (χ1n) is 9.75. The lowest BCUT2D eigenvalue weighted by atomic mass is 10.2. The van der Waals surface area contributed by atoms with E-state index < -0.39 is 5.69 Å². The highest BCUT2D eigenvalue weighted by molar-refractivity contribution is 7.98. The molecular formula is C23H21N3O3S2. The van der Waals surface area contributed by atoms with Gasteiger partial charge in [0.05, 0.1) is 10.9 Å². The van der Waals surface area contributed by atoms with Crippen LogP contribution in [0.2, 0.25) is 0 Å². The van der Waals surface area contributed by atoms with Gasteiger partial charge in [-0.25, -0.2) is 4.79 Å². The van der Waals surface area contributed by atoms with Crippen molar-refractivity contribution in [1.82, 2.24) is 9.13 Å². The lowest BCUT2D eigenvalue weighted by Crippen LogP contribution is -2.42. The topological polar surface area (TPSA) is 73.1 Å². The van der Waals surface area contributed by atoms with E-state index in [9.17, 15) is 14.4 Å². The molecule has 2 aromatic heterocycles. The number of thiophene rings is 1. The van der Waals surface area contributed by atoms with Gasteiger partial charge in [0.25, 0.3) is 5.56 Å². The monoisotopic (exact) mass is 451 g/mol. The van der Waals surface area contributed by atoms with Crippen LogP contribution in [0.5, 0.6) is 0 Å². The van der Waals surface area contributed by atoms with Gasteiger partial charge in [-0.3, -0.25) is 18.7 Å². The van der Waals surface area contributed by atoms with Gasteiger partial charge in [0.1, 0.15) is 6.54 Å². The molecule has 0 bridgehead atoms. The zero-order chi connectivity index (χ0) is 21.8. The normalized spacial score (nSPS) is 11.0. The molecular weight excluding hydrogens is 430 g/mol. The summed E-state index contributed by atoms with van der Waals surface area (Å²) >= 11 is 3.17. The van der Waals surface area contributed by atoms with Gasteiger partial charge >= 0.3 is 5.69 Å². The Kier molecular flexibility index (Phi) is 6.39. The predicted octanol–water partition coefficient (Wildman–Crippen LogP) is 3.83. The Morgan fingerprint density at radius 1 is 1.03 bits per heavy atom. The molecule has 0 unspecified atom stereocenters. The number of benzene rings is 2. The zero-order valence-electron chi connectivity index (χ0n) is 16.9. The molecule has 158 valence electrons. The molecule has 8 heteroatoms. The van der Waals surface area contributed by atoms with Crippen molar-refractivity contribution in [3.8, 4) is 0 Å². The van der Waals surface area contributed by atoms with E-state index in [1.807, 2.05) is 42.0 Å². The van der Waals surface area contributed by atoms with Gasteiger partial charge < -0.3 is 5.32 Å². The van der Waals surface area contributed by atoms with Crippen molar-refractivity contribution in [2.24, 2.45) is 0 Å². The Balaban J connectivity index is 1.68. The molecule has 4 aromatic rings. The van der Waals surface area contributed by atoms with E-state index in [1.54, 1.807) is 53.4 Å². The summed E-state index contributed by atoms with van der Waals surface area (Å²) in [6.07, 6.45) is 2.55. The van der Waals surface area contributed by atoms with Crippen LogP contribution in [0.25, 0.3) is 10.9 Å². The number of carbonyl (C=O) groups is 1. The third kappa shape index (κ3) is 4.65. The molecule has 2 heterocycles. The summed E-state index contributed by atoms with van der Waals surface area (Å²) in [4.78, 5) is 41.0. The van der Waals surface area contributed by atoms with Crippen LogP contribution >= 0.6 is 23.1 Å². The lowest BCUT2D eigenvalue weighted by molar-refractivity contribution is -0.116. The number of anilines is 1. The summed E-state index contributed by atoms with van der Waals surface area (Å²) in [7, 11) is 0. The highest BCUT2D eigenvalue weighted by Gasteiger charge is 2.15. The number of nitrogens with zero attached hydrogens (tertiary/aromatic N) is 2. The maximum Gasteiger partial charge on any atom is 0.331 e. The van der Waals surface area contributed by atoms with Crippen molar-refractivity contribution < 1.29 is 4.79 Å². The number of carbonyl (C=O) groups excluding carboxylic acids is 1. The van der Waals surface area contributed by atoms with Crippen molar-refractivity contribution in [3.05, 3.63) is 91.8 Å². The molecule has 0 aliphatic carbocycles. The Morgan fingerprint density at radius 2 is 1.87 bits per heavy atom. The second kappa shape index (κ2) is 9.36. The number of aryl methyl sites for hydroxylation is 1. The molecule has 4 rings (SSSR count). The fourth-order valence-corrected chi connectivity index (χ4v) is 4.60. The van der Waals surface area contributed by atoms with Crippen LogP contribution < -0.4 is 16.6 Å². The number of rotatable bonds is 7. The van der Waals surface area contributed by atoms with E-state index in [2.05, 4.69) is 5.32 Å². The maximum absolute atomic E-state index is 13.2. The minimum absolute atomic E-state index is 0.178. The fourth-order valence-electron chi connectivity index (χ4n) is 3.44. The molecule has 1 amide bonds. The quantitative estimate of drug-likeness (QED) is 0.434. The van der Waals surface area contributed by atoms with Crippen molar-refractivity contribution in [2.45, 2.75) is 24.4 Å². The second-order valence-electron chi connectivity index (χ2n) is 6.95. The molecule has 0 atom stereocenters. The number of hydrogen-bond donors (Lipinski definition) is 1. The first-order valence-corrected chi connectivity index (χ1v) is 11.9. The van der Waals surface area contributed by atoms with Crippen LogP contribution in [-0.2, 0) is 24.3 Å². The summed E-state index contributed by atoms with van der Waals surface area (Å²) in [6, 6.07) is 18.3. The third-order valence-electron chi connectivity index (χ3n) is 4.95. The number of nitrogens with one attached hydrogen (secondary N) is 1. The summed E-state index contributed by atoms with van der Waals surface area (Å²) in [6.45, 7) is 0.0858. The number of amides is 1. The summed E-state index contributed by atoms with van der Waals surface area (Å²) in [5.74, 6) is -0.325. The average molecular weight is 452 g/mol. The highest BCUT2D eigenvalue weighted by Crippen LogP contribution is 2.19. The molecule has 0 fully saturated rings. The van der Waals surface area contributed by atoms with Crippen molar-refractivity contribution in [3.63, 3.8) is 0 Å². The summed E-state index contributed by atoms with van der Waals surface area (Å²) in [5, 5.41) is 5.23. The minimum atomic E-state index is -0.478. The minimum Gasteiger partial charge on any atom is -0.324 e. The van der Waals surface area contributed by atoms with Gasteiger partial charge in [0.15, 0.2) is 0 Å². The molecule has 0 spiro atoms. The van der Waals surface area contributed by atoms with E-state index in [0.717, 1.165) is 9.77 Å². The van der Waals surface area contributed by atoms with E-state index in [4.69, 9.17) is 0 Å². The summed E-state index contributed by atoms with van der Waals surface area (Å²) < 4.78 is 2.60. The SMILES string of the molecule is CSc1cccc(NC(=O)Cn2c(=O)n(CCc3cccs3)c(=O)c3ccccc32)c1. The van der Waals surface area contributed by atoms with Crippen LogP contribution in [0.3, 0.4) is 0 Å². The van der Waals surface area contributed by atoms with Crippen LogP contribution in [0.1, 0.15) is 4.88 Å². The van der Waals surface area contributed by atoms with Crippen molar-refractivity contribution in [1.29, 1.82) is 0 Å². The number of hydrogen-bond acceptors (Lipinski definition) is 5. The summed E-state index contributed by atoms with van der Waals surface area (Å²) in [5.41, 5.74) is 0.313. The van der Waals surface area contributed by atoms with E-state index in [1.165, 1.54) is 9.13 Å². The van der Waals surface area contributed by atoms with Crippen LogP contribution in [0, 0.1) is 0 Å². The molecule has 1 N–H and O–H groups in total. The Bertz CT molecular complexity index is 1340. The van der Waals surface area contributed by atoms with Crippen LogP contribution in [0.15, 0.2) is 80.5 Å². The largest absolute Gasteiger partial charge is 0.331 e. The van der Waals surface area contributed by atoms with Gasteiger partial charge in [-0.2, -0.15) is 0 Å². The highest BCUT2D eigenvalue weighted by atomic mass is 32.2. The molecule has 0 aliphatic rings. The lowest BCUT2D eigenvalue weighted by Gasteiger charge is -2.14. The first-order chi connectivity index (χ1) is 15.1. The van der Waals surface area contributed by atoms with Crippen molar-refractivity contribution >= 4 is 45.6 Å². The Morgan fingerprint density at radius 3 is 2.65 bits per heavy atom. The van der Waals surface area contributed by atoms with Gasteiger partial charge in [-0.05, 0) is 54.5 Å². The van der Waals surface area contributed by atoms with Gasteiger partial charge in [-0.15, -0.1) is 23.1 Å². The third-order valence-corrected chi connectivity index (χ3v) is 6.61. The molecule has 31 heavy (non-hydrogen) atoms. The van der Waals surface area contributed by atoms with Crippen molar-refractivity contribution in [2.75, 3.05) is 11.6 Å². The molecule has 0 aliphatic heterocycles. The molecule has 0 radical (unpaired) electrons. The Labute approximate surface area is 187 Å². The van der Waals surface area contributed by atoms with Gasteiger partial charge in [-0.1, -0.05) is 24.3 Å². The molecule has 0 saturated heterocycles. The maximum atomic E-state index is 13.2. The average Bonchev–Trinajstić information content (AvgIpc) is 3.30. The number of para-hydroxylation sites is 1. The van der Waals surface area contributed by atoms with E-state index in [-0.39, 0.29) is 24.6 Å². The number of aromatic nitrogens is 2. The van der Waals surface area contributed by atoms with Crippen LogP contribution in [-0.4, -0.2) is 21.3 Å². The number of thioether (sulfide) groups is 1. The van der Waals surface area contributed by atoms with E-state index >= 15 is 0 Å². The Hall–Kier alpha value is -3.10. The molecule has 2 aromatic carbocycles. The fraction of sp³-hybridized carbons (Fsp3) is 0.174. The molecule has 0 saturated carbocycles. The van der Waals surface area contributed by atoms with Gasteiger partial charge in [0.2, 0.25) is 5.91 Å². The predicted molar refractivity (Wildman–Crippen MR) is 127 cm³/mol. The van der Waals surface area contributed by atoms with Crippen LogP contribution in [0.4, 0.5) is 5.69 Å². The smallest absolute Gasteiger partial charge is 0.324 e. The first kappa shape index (κ1) is 21.1. The number of fused-ring (bicyclic) bond motifs is 1. The molecule has 6 nitrogen and oxygen atoms in total. The van der Waals surface area contributed by atoms with Gasteiger partial charge in [0, 0.05) is 22.0 Å². The zero-order valence-corrected chi connectivity index (χ0v) is 18.5. The van der Waals surface area contributed by atoms with E-state index in [0.29, 0.717) is 23.0 Å².